The number of nitrogens with zero attached hydrogens (tertiary/aromatic N) is 3. The topological polar surface area (TPSA) is 111 Å². The molecule has 1 aliphatic heterocycles. The fourth-order valence-corrected chi connectivity index (χ4v) is 7.83. The third-order valence-electron chi connectivity index (χ3n) is 8.02. The van der Waals surface area contributed by atoms with Crippen LogP contribution in [0.4, 0.5) is 10.1 Å². The summed E-state index contributed by atoms with van der Waals surface area (Å²) < 4.78 is 42.3. The highest BCUT2D eigenvalue weighted by atomic mass is 35.5. The second kappa shape index (κ2) is 13.2. The number of rotatable bonds is 8. The van der Waals surface area contributed by atoms with E-state index in [1.54, 1.807) is 48.5 Å². The molecule has 2 atom stereocenters. The van der Waals surface area contributed by atoms with Crippen molar-refractivity contribution in [3.8, 4) is 6.07 Å². The van der Waals surface area contributed by atoms with E-state index in [4.69, 9.17) is 11.6 Å². The molecule has 8 nitrogen and oxygen atoms in total. The number of hydrogen-bond acceptors (Lipinski definition) is 5. The lowest BCUT2D eigenvalue weighted by Crippen LogP contribution is -2.52. The van der Waals surface area contributed by atoms with Crippen molar-refractivity contribution < 1.29 is 22.4 Å². The van der Waals surface area contributed by atoms with Crippen molar-refractivity contribution in [2.75, 3.05) is 10.7 Å². The number of hydrogen-bond donors (Lipinski definition) is 1. The first-order valence-corrected chi connectivity index (χ1v) is 16.3. The van der Waals surface area contributed by atoms with Crippen LogP contribution in [0.1, 0.15) is 61.3 Å². The van der Waals surface area contributed by atoms with Gasteiger partial charge in [0.25, 0.3) is 0 Å². The number of amides is 2. The molecule has 2 aliphatic rings. The third-order valence-corrected chi connectivity index (χ3v) is 10.2. The highest BCUT2D eigenvalue weighted by molar-refractivity contribution is 7.89. The maximum absolute atomic E-state index is 14.6. The van der Waals surface area contributed by atoms with Crippen molar-refractivity contribution in [3.63, 3.8) is 0 Å². The van der Waals surface area contributed by atoms with Gasteiger partial charge < -0.3 is 5.32 Å². The molecule has 224 valence electrons. The summed E-state index contributed by atoms with van der Waals surface area (Å²) in [4.78, 5) is 29.9. The number of carbonyl (C=O) groups excluding carboxylic acids is 2. The first kappa shape index (κ1) is 30.7. The predicted octanol–water partition coefficient (Wildman–Crippen LogP) is 5.48. The summed E-state index contributed by atoms with van der Waals surface area (Å²) in [6.07, 6.45) is 4.59. The minimum absolute atomic E-state index is 0.0234. The molecule has 2 amide bonds. The number of benzene rings is 3. The van der Waals surface area contributed by atoms with Gasteiger partial charge in [-0.25, -0.2) is 12.8 Å². The molecular formula is C32H32ClFN4O4S. The Kier molecular flexibility index (Phi) is 9.45. The molecule has 0 radical (unpaired) electrons. The number of carbonyl (C=O) groups is 2. The van der Waals surface area contributed by atoms with E-state index in [0.29, 0.717) is 16.7 Å². The Morgan fingerprint density at radius 1 is 1.02 bits per heavy atom. The molecule has 0 bridgehead atoms. The Hall–Kier alpha value is -3.78. The Morgan fingerprint density at radius 3 is 2.49 bits per heavy atom. The smallest absolute Gasteiger partial charge is 0.248 e. The van der Waals surface area contributed by atoms with Crippen LogP contribution >= 0.6 is 11.6 Å². The van der Waals surface area contributed by atoms with E-state index in [-0.39, 0.29) is 35.5 Å². The normalized spacial score (nSPS) is 19.3. The van der Waals surface area contributed by atoms with Crippen LogP contribution in [-0.4, -0.2) is 42.4 Å². The molecule has 1 N–H and O–H groups in total. The fourth-order valence-electron chi connectivity index (χ4n) is 5.90. The van der Waals surface area contributed by atoms with Crippen molar-refractivity contribution in [2.24, 2.45) is 0 Å². The Balaban J connectivity index is 1.59. The summed E-state index contributed by atoms with van der Waals surface area (Å²) in [5, 5.41) is 12.7. The number of nitriles is 1. The Bertz CT molecular complexity index is 1650. The molecule has 1 saturated heterocycles. The number of nitrogens with one attached hydrogen (secondary N) is 1. The molecule has 1 saturated carbocycles. The number of halogens is 2. The van der Waals surface area contributed by atoms with Crippen LogP contribution in [0.2, 0.25) is 5.02 Å². The summed E-state index contributed by atoms with van der Waals surface area (Å²) in [6, 6.07) is 18.0. The zero-order valence-electron chi connectivity index (χ0n) is 23.5. The molecule has 1 aliphatic carbocycles. The molecule has 2 fully saturated rings. The van der Waals surface area contributed by atoms with Crippen LogP contribution in [0.5, 0.6) is 0 Å². The lowest BCUT2D eigenvalue weighted by Gasteiger charge is -2.36. The van der Waals surface area contributed by atoms with E-state index in [2.05, 4.69) is 5.32 Å². The minimum atomic E-state index is -3.86. The molecule has 0 aromatic heterocycles. The summed E-state index contributed by atoms with van der Waals surface area (Å²) in [6.45, 7) is -0.143. The largest absolute Gasteiger partial charge is 0.351 e. The average molecular weight is 623 g/mol. The van der Waals surface area contributed by atoms with Gasteiger partial charge in [-0.2, -0.15) is 9.57 Å². The second-order valence-corrected chi connectivity index (χ2v) is 13.4. The first-order chi connectivity index (χ1) is 20.7. The van der Waals surface area contributed by atoms with Crippen molar-refractivity contribution >= 4 is 39.1 Å². The fraction of sp³-hybridized carbons (Fsp3) is 0.344. The van der Waals surface area contributed by atoms with Crippen molar-refractivity contribution in [2.45, 2.75) is 63.2 Å². The monoisotopic (exact) mass is 622 g/mol. The van der Waals surface area contributed by atoms with Crippen molar-refractivity contribution in [1.29, 1.82) is 5.26 Å². The highest BCUT2D eigenvalue weighted by Gasteiger charge is 2.46. The SMILES string of the molecule is N#Cc1cccc(CN2[C@H](C(=O)N(c3cccc(F)c3)[C@@H](C(=O)NC3CCCCC3)c3ccccc3Cl)CCS2(=O)=O)c1. The van der Waals surface area contributed by atoms with Crippen LogP contribution < -0.4 is 10.2 Å². The van der Waals surface area contributed by atoms with Crippen molar-refractivity contribution in [3.05, 3.63) is 100 Å². The molecule has 43 heavy (non-hydrogen) atoms. The van der Waals surface area contributed by atoms with Gasteiger partial charge in [-0.05, 0) is 61.2 Å². The van der Waals surface area contributed by atoms with Gasteiger partial charge >= 0.3 is 0 Å². The van der Waals surface area contributed by atoms with E-state index in [1.165, 1.54) is 23.1 Å². The van der Waals surface area contributed by atoms with Crippen molar-refractivity contribution in [1.82, 2.24) is 9.62 Å². The number of sulfonamides is 1. The summed E-state index contributed by atoms with van der Waals surface area (Å²) in [5.74, 6) is -2.05. The highest BCUT2D eigenvalue weighted by Crippen LogP contribution is 2.36. The van der Waals surface area contributed by atoms with Gasteiger partial charge in [0.15, 0.2) is 0 Å². The predicted molar refractivity (Wildman–Crippen MR) is 162 cm³/mol. The average Bonchev–Trinajstić information content (AvgIpc) is 3.30. The third kappa shape index (κ3) is 6.90. The van der Waals surface area contributed by atoms with E-state index >= 15 is 0 Å². The Labute approximate surface area is 256 Å². The van der Waals surface area contributed by atoms with Crippen LogP contribution in [-0.2, 0) is 26.2 Å². The van der Waals surface area contributed by atoms with Crippen LogP contribution in [0.15, 0.2) is 72.8 Å². The summed E-state index contributed by atoms with van der Waals surface area (Å²) >= 11 is 6.62. The minimum Gasteiger partial charge on any atom is -0.351 e. The first-order valence-electron chi connectivity index (χ1n) is 14.3. The van der Waals surface area contributed by atoms with Gasteiger partial charge in [-0.3, -0.25) is 14.5 Å². The summed E-state index contributed by atoms with van der Waals surface area (Å²) in [5.41, 5.74) is 1.34. The van der Waals surface area contributed by atoms with Gasteiger partial charge in [-0.15, -0.1) is 0 Å². The van der Waals surface area contributed by atoms with Gasteiger partial charge in [0, 0.05) is 28.9 Å². The van der Waals surface area contributed by atoms with Gasteiger partial charge in [0.2, 0.25) is 21.8 Å². The van der Waals surface area contributed by atoms with Gasteiger partial charge in [-0.1, -0.05) is 67.3 Å². The molecule has 11 heteroatoms. The van der Waals surface area contributed by atoms with E-state index in [0.717, 1.165) is 42.5 Å². The Morgan fingerprint density at radius 2 is 1.77 bits per heavy atom. The maximum Gasteiger partial charge on any atom is 0.248 e. The zero-order valence-corrected chi connectivity index (χ0v) is 25.0. The van der Waals surface area contributed by atoms with Crippen LogP contribution in [0, 0.1) is 17.1 Å². The van der Waals surface area contributed by atoms with E-state index in [9.17, 15) is 27.7 Å². The molecule has 0 unspecified atom stereocenters. The molecule has 5 rings (SSSR count). The van der Waals surface area contributed by atoms with E-state index in [1.807, 2.05) is 6.07 Å². The summed E-state index contributed by atoms with van der Waals surface area (Å²) in [7, 11) is -3.86. The molecule has 3 aromatic carbocycles. The molecular weight excluding hydrogens is 591 g/mol. The molecule has 0 spiro atoms. The quantitative estimate of drug-likeness (QED) is 0.358. The molecule has 1 heterocycles. The standard InChI is InChI=1S/C32H32ClFN4O4S/c33-28-15-5-4-14-27(28)30(31(39)36-25-11-2-1-3-12-25)38(26-13-7-10-24(34)19-26)32(40)29-16-17-43(41,42)37(29)21-23-9-6-8-22(18-23)20-35/h4-10,13-15,18-19,25,29-30H,1-3,11-12,16-17,21H2,(H,36,39)/t29-,30+/m0/s1. The molecule has 3 aromatic rings. The van der Waals surface area contributed by atoms with Crippen LogP contribution in [0.3, 0.4) is 0 Å². The number of anilines is 1. The lowest BCUT2D eigenvalue weighted by molar-refractivity contribution is -0.128. The van der Waals surface area contributed by atoms with E-state index < -0.39 is 39.7 Å². The van der Waals surface area contributed by atoms with Crippen LogP contribution in [0.25, 0.3) is 0 Å². The lowest BCUT2D eigenvalue weighted by atomic mass is 9.94. The second-order valence-electron chi connectivity index (χ2n) is 10.9. The zero-order chi connectivity index (χ0) is 30.6. The van der Waals surface area contributed by atoms with Gasteiger partial charge in [0.1, 0.15) is 17.9 Å². The van der Waals surface area contributed by atoms with Gasteiger partial charge in [0.05, 0.1) is 17.4 Å². The maximum atomic E-state index is 14.6.